The summed E-state index contributed by atoms with van der Waals surface area (Å²) in [6.45, 7) is 12.6. The molecular formula is C15H23N. The Morgan fingerprint density at radius 2 is 1.88 bits per heavy atom. The molecule has 88 valence electrons. The molecule has 1 heteroatoms. The first-order chi connectivity index (χ1) is 7.56. The standard InChI is InChI=1S/C15H23N/c1-5-13(2)11-16-12-15(3,4)14-9-7-6-8-10-14/h6-10,16H,2,5,11-12H2,1,3-4H3. The quantitative estimate of drug-likeness (QED) is 0.719. The lowest BCUT2D eigenvalue weighted by Gasteiger charge is -2.26. The highest BCUT2D eigenvalue weighted by atomic mass is 14.9. The summed E-state index contributed by atoms with van der Waals surface area (Å²) < 4.78 is 0. The minimum atomic E-state index is 0.176. The predicted octanol–water partition coefficient (Wildman–Crippen LogP) is 3.52. The Labute approximate surface area is 99.6 Å². The van der Waals surface area contributed by atoms with Gasteiger partial charge in [-0.3, -0.25) is 0 Å². The van der Waals surface area contributed by atoms with Crippen molar-refractivity contribution in [3.63, 3.8) is 0 Å². The van der Waals surface area contributed by atoms with E-state index in [0.29, 0.717) is 0 Å². The number of benzene rings is 1. The zero-order valence-electron chi connectivity index (χ0n) is 10.7. The maximum Gasteiger partial charge on any atom is 0.0162 e. The molecule has 0 bridgehead atoms. The Morgan fingerprint density at radius 1 is 1.25 bits per heavy atom. The first-order valence-corrected chi connectivity index (χ1v) is 5.99. The topological polar surface area (TPSA) is 12.0 Å². The zero-order valence-corrected chi connectivity index (χ0v) is 10.7. The third-order valence-corrected chi connectivity index (χ3v) is 3.00. The van der Waals surface area contributed by atoms with Crippen LogP contribution in [0.25, 0.3) is 0 Å². The third kappa shape index (κ3) is 3.82. The van der Waals surface area contributed by atoms with Crippen LogP contribution in [-0.2, 0) is 5.41 Å². The fourth-order valence-corrected chi connectivity index (χ4v) is 1.67. The number of rotatable bonds is 6. The van der Waals surface area contributed by atoms with Crippen LogP contribution in [0, 0.1) is 0 Å². The van der Waals surface area contributed by atoms with Crippen LogP contribution in [0.4, 0.5) is 0 Å². The summed E-state index contributed by atoms with van der Waals surface area (Å²) in [4.78, 5) is 0. The molecule has 1 nitrogen and oxygen atoms in total. The largest absolute Gasteiger partial charge is 0.312 e. The van der Waals surface area contributed by atoms with E-state index < -0.39 is 0 Å². The van der Waals surface area contributed by atoms with Crippen molar-refractivity contribution in [2.24, 2.45) is 0 Å². The minimum Gasteiger partial charge on any atom is -0.312 e. The molecule has 0 aromatic heterocycles. The second kappa shape index (κ2) is 5.86. The molecule has 16 heavy (non-hydrogen) atoms. The van der Waals surface area contributed by atoms with Crippen LogP contribution >= 0.6 is 0 Å². The van der Waals surface area contributed by atoms with Gasteiger partial charge in [-0.1, -0.05) is 63.3 Å². The molecular weight excluding hydrogens is 194 g/mol. The lowest BCUT2D eigenvalue weighted by atomic mass is 9.84. The van der Waals surface area contributed by atoms with Gasteiger partial charge in [0.1, 0.15) is 0 Å². The molecule has 0 unspecified atom stereocenters. The summed E-state index contributed by atoms with van der Waals surface area (Å²) in [5.41, 5.74) is 2.82. The van der Waals surface area contributed by atoms with Crippen LogP contribution < -0.4 is 5.32 Å². The fourth-order valence-electron chi connectivity index (χ4n) is 1.67. The maximum absolute atomic E-state index is 4.00. The highest BCUT2D eigenvalue weighted by Gasteiger charge is 2.19. The first kappa shape index (κ1) is 13.0. The van der Waals surface area contributed by atoms with Gasteiger partial charge in [0.25, 0.3) is 0 Å². The van der Waals surface area contributed by atoms with E-state index in [4.69, 9.17) is 0 Å². The molecule has 1 rings (SSSR count). The molecule has 0 radical (unpaired) electrons. The van der Waals surface area contributed by atoms with Crippen LogP contribution in [0.15, 0.2) is 42.5 Å². The number of nitrogens with one attached hydrogen (secondary N) is 1. The van der Waals surface area contributed by atoms with Crippen LogP contribution in [0.5, 0.6) is 0 Å². The van der Waals surface area contributed by atoms with Gasteiger partial charge in [0.05, 0.1) is 0 Å². The lowest BCUT2D eigenvalue weighted by Crippen LogP contribution is -2.33. The molecule has 0 saturated carbocycles. The Bertz CT molecular complexity index is 325. The Hall–Kier alpha value is -1.08. The lowest BCUT2D eigenvalue weighted by molar-refractivity contribution is 0.479. The first-order valence-electron chi connectivity index (χ1n) is 5.99. The normalized spacial score (nSPS) is 11.4. The van der Waals surface area contributed by atoms with Crippen molar-refractivity contribution in [2.75, 3.05) is 13.1 Å². The van der Waals surface area contributed by atoms with Crippen molar-refractivity contribution in [2.45, 2.75) is 32.6 Å². The molecule has 0 spiro atoms. The molecule has 1 aromatic carbocycles. The van der Waals surface area contributed by atoms with E-state index in [0.717, 1.165) is 19.5 Å². The summed E-state index contributed by atoms with van der Waals surface area (Å²) in [6.07, 6.45) is 1.05. The predicted molar refractivity (Wildman–Crippen MR) is 71.8 cm³/mol. The zero-order chi connectivity index (χ0) is 12.0. The van der Waals surface area contributed by atoms with Crippen molar-refractivity contribution in [3.05, 3.63) is 48.0 Å². The Kier molecular flexibility index (Phi) is 4.75. The summed E-state index contributed by atoms with van der Waals surface area (Å²) >= 11 is 0. The van der Waals surface area contributed by atoms with E-state index in [-0.39, 0.29) is 5.41 Å². The summed E-state index contributed by atoms with van der Waals surface area (Å²) in [7, 11) is 0. The molecule has 0 atom stereocenters. The van der Waals surface area contributed by atoms with Gasteiger partial charge in [-0.2, -0.15) is 0 Å². The molecule has 1 N–H and O–H groups in total. The van der Waals surface area contributed by atoms with E-state index in [1.165, 1.54) is 11.1 Å². The van der Waals surface area contributed by atoms with Crippen molar-refractivity contribution < 1.29 is 0 Å². The molecule has 1 aromatic rings. The van der Waals surface area contributed by atoms with Gasteiger partial charge in [-0.25, -0.2) is 0 Å². The van der Waals surface area contributed by atoms with Crippen molar-refractivity contribution >= 4 is 0 Å². The highest BCUT2D eigenvalue weighted by molar-refractivity contribution is 5.23. The molecule has 0 aliphatic heterocycles. The van der Waals surface area contributed by atoms with E-state index in [2.05, 4.69) is 63.0 Å². The minimum absolute atomic E-state index is 0.176. The number of hydrogen-bond donors (Lipinski definition) is 1. The Balaban J connectivity index is 2.49. The van der Waals surface area contributed by atoms with Gasteiger partial charge < -0.3 is 5.32 Å². The molecule has 0 saturated heterocycles. The maximum atomic E-state index is 4.00. The van der Waals surface area contributed by atoms with Crippen LogP contribution in [0.3, 0.4) is 0 Å². The second-order valence-corrected chi connectivity index (χ2v) is 4.96. The van der Waals surface area contributed by atoms with Gasteiger partial charge in [-0.05, 0) is 12.0 Å². The summed E-state index contributed by atoms with van der Waals surface area (Å²) in [6, 6.07) is 10.6. The average Bonchev–Trinajstić information content (AvgIpc) is 2.30. The van der Waals surface area contributed by atoms with Gasteiger partial charge >= 0.3 is 0 Å². The SMILES string of the molecule is C=C(CC)CNCC(C)(C)c1ccccc1. The van der Waals surface area contributed by atoms with E-state index in [9.17, 15) is 0 Å². The van der Waals surface area contributed by atoms with Gasteiger partial charge in [0, 0.05) is 18.5 Å². The third-order valence-electron chi connectivity index (χ3n) is 3.00. The van der Waals surface area contributed by atoms with Crippen LogP contribution in [0.2, 0.25) is 0 Å². The van der Waals surface area contributed by atoms with E-state index in [1.807, 2.05) is 0 Å². The van der Waals surface area contributed by atoms with Crippen LogP contribution in [-0.4, -0.2) is 13.1 Å². The number of hydrogen-bond acceptors (Lipinski definition) is 1. The smallest absolute Gasteiger partial charge is 0.0162 e. The van der Waals surface area contributed by atoms with Crippen LogP contribution in [0.1, 0.15) is 32.8 Å². The van der Waals surface area contributed by atoms with Crippen molar-refractivity contribution in [3.8, 4) is 0 Å². The monoisotopic (exact) mass is 217 g/mol. The second-order valence-electron chi connectivity index (χ2n) is 4.96. The van der Waals surface area contributed by atoms with Gasteiger partial charge in [0.2, 0.25) is 0 Å². The average molecular weight is 217 g/mol. The highest BCUT2D eigenvalue weighted by Crippen LogP contribution is 2.21. The summed E-state index contributed by atoms with van der Waals surface area (Å²) in [5, 5.41) is 3.48. The summed E-state index contributed by atoms with van der Waals surface area (Å²) in [5.74, 6) is 0. The Morgan fingerprint density at radius 3 is 2.44 bits per heavy atom. The van der Waals surface area contributed by atoms with Gasteiger partial charge in [0.15, 0.2) is 0 Å². The fraction of sp³-hybridized carbons (Fsp3) is 0.467. The van der Waals surface area contributed by atoms with Crippen molar-refractivity contribution in [1.29, 1.82) is 0 Å². The molecule has 0 aliphatic carbocycles. The van der Waals surface area contributed by atoms with Gasteiger partial charge in [-0.15, -0.1) is 0 Å². The molecule has 0 amide bonds. The van der Waals surface area contributed by atoms with E-state index in [1.54, 1.807) is 0 Å². The molecule has 0 heterocycles. The van der Waals surface area contributed by atoms with Crippen molar-refractivity contribution in [1.82, 2.24) is 5.32 Å². The van der Waals surface area contributed by atoms with E-state index >= 15 is 0 Å². The molecule has 0 fully saturated rings. The molecule has 0 aliphatic rings.